The second-order valence-electron chi connectivity index (χ2n) is 10.6. The van der Waals surface area contributed by atoms with Crippen LogP contribution in [0.15, 0.2) is 24.4 Å². The van der Waals surface area contributed by atoms with Gasteiger partial charge >= 0.3 is 0 Å². The molecule has 2 rings (SSSR count). The summed E-state index contributed by atoms with van der Waals surface area (Å²) < 4.78 is 0. The zero-order chi connectivity index (χ0) is 22.9. The van der Waals surface area contributed by atoms with Crippen LogP contribution in [0.1, 0.15) is 113 Å². The molecule has 0 unspecified atom stereocenters. The standard InChI is InChI=1S/C27H35N3/c1-17(2)22-13-19(12-21(16-29)23(22)26(5,6)7)14-27(8,9)24-20(15-28)10-11-30-25(24)18(3)4/h10-13,17-18H,14H2,1-9H3. The molecule has 0 aliphatic rings. The Hall–Kier alpha value is -2.65. The van der Waals surface area contributed by atoms with Crippen molar-refractivity contribution in [3.63, 3.8) is 0 Å². The molecule has 30 heavy (non-hydrogen) atoms. The van der Waals surface area contributed by atoms with Crippen LogP contribution in [-0.4, -0.2) is 4.98 Å². The van der Waals surface area contributed by atoms with E-state index in [0.29, 0.717) is 11.5 Å². The first-order chi connectivity index (χ1) is 13.8. The first-order valence-corrected chi connectivity index (χ1v) is 10.8. The van der Waals surface area contributed by atoms with Gasteiger partial charge in [0.2, 0.25) is 0 Å². The van der Waals surface area contributed by atoms with Gasteiger partial charge in [-0.1, -0.05) is 68.4 Å². The number of hydrogen-bond acceptors (Lipinski definition) is 3. The van der Waals surface area contributed by atoms with Crippen LogP contribution in [0.25, 0.3) is 0 Å². The minimum Gasteiger partial charge on any atom is -0.261 e. The quantitative estimate of drug-likeness (QED) is 0.548. The zero-order valence-electron chi connectivity index (χ0n) is 20.0. The summed E-state index contributed by atoms with van der Waals surface area (Å²) >= 11 is 0. The van der Waals surface area contributed by atoms with E-state index in [2.05, 4.69) is 85.5 Å². The molecular weight excluding hydrogens is 366 g/mol. The third-order valence-corrected chi connectivity index (χ3v) is 5.69. The van der Waals surface area contributed by atoms with Crippen LogP contribution in [0.5, 0.6) is 0 Å². The summed E-state index contributed by atoms with van der Waals surface area (Å²) in [6.07, 6.45) is 2.47. The van der Waals surface area contributed by atoms with Gasteiger partial charge in [0, 0.05) is 11.9 Å². The Morgan fingerprint density at radius 2 is 1.47 bits per heavy atom. The lowest BCUT2D eigenvalue weighted by Gasteiger charge is -2.31. The van der Waals surface area contributed by atoms with E-state index in [1.165, 1.54) is 5.56 Å². The molecule has 1 aromatic carbocycles. The van der Waals surface area contributed by atoms with Crippen LogP contribution in [-0.2, 0) is 17.3 Å². The van der Waals surface area contributed by atoms with Crippen molar-refractivity contribution in [3.05, 3.63) is 63.5 Å². The van der Waals surface area contributed by atoms with E-state index in [1.54, 1.807) is 6.20 Å². The maximum Gasteiger partial charge on any atom is 0.0996 e. The van der Waals surface area contributed by atoms with E-state index in [0.717, 1.165) is 34.4 Å². The molecule has 1 heterocycles. The van der Waals surface area contributed by atoms with Crippen LogP contribution in [0, 0.1) is 22.7 Å². The van der Waals surface area contributed by atoms with Crippen molar-refractivity contribution in [3.8, 4) is 12.1 Å². The highest BCUT2D eigenvalue weighted by Gasteiger charge is 2.31. The lowest BCUT2D eigenvalue weighted by molar-refractivity contribution is 0.506. The van der Waals surface area contributed by atoms with Gasteiger partial charge in [-0.25, -0.2) is 0 Å². The van der Waals surface area contributed by atoms with Gasteiger partial charge in [0.15, 0.2) is 0 Å². The number of nitriles is 2. The van der Waals surface area contributed by atoms with E-state index in [4.69, 9.17) is 0 Å². The molecular formula is C27H35N3. The van der Waals surface area contributed by atoms with Gasteiger partial charge in [-0.2, -0.15) is 10.5 Å². The lowest BCUT2D eigenvalue weighted by atomic mass is 9.72. The van der Waals surface area contributed by atoms with Gasteiger partial charge in [0.25, 0.3) is 0 Å². The summed E-state index contributed by atoms with van der Waals surface area (Å²) in [5.74, 6) is 0.561. The SMILES string of the molecule is CC(C)c1cc(CC(C)(C)c2c(C#N)ccnc2C(C)C)cc(C#N)c1C(C)(C)C. The fourth-order valence-corrected chi connectivity index (χ4v) is 4.53. The highest BCUT2D eigenvalue weighted by molar-refractivity contribution is 5.52. The van der Waals surface area contributed by atoms with Gasteiger partial charge in [0.1, 0.15) is 0 Å². The second-order valence-corrected chi connectivity index (χ2v) is 10.6. The molecule has 0 radical (unpaired) electrons. The summed E-state index contributed by atoms with van der Waals surface area (Å²) in [6, 6.07) is 11.0. The lowest BCUT2D eigenvalue weighted by Crippen LogP contribution is -2.26. The largest absolute Gasteiger partial charge is 0.261 e. The predicted molar refractivity (Wildman–Crippen MR) is 124 cm³/mol. The average molecular weight is 402 g/mol. The highest BCUT2D eigenvalue weighted by Crippen LogP contribution is 2.38. The molecule has 0 saturated carbocycles. The van der Waals surface area contributed by atoms with Crippen molar-refractivity contribution >= 4 is 0 Å². The van der Waals surface area contributed by atoms with E-state index in [9.17, 15) is 10.5 Å². The molecule has 2 aromatic rings. The summed E-state index contributed by atoms with van der Waals surface area (Å²) in [5.41, 5.74) is 6.58. The van der Waals surface area contributed by atoms with Crippen LogP contribution in [0.4, 0.5) is 0 Å². The molecule has 0 saturated heterocycles. The molecule has 0 amide bonds. The first-order valence-electron chi connectivity index (χ1n) is 10.8. The minimum absolute atomic E-state index is 0.0964. The maximum atomic E-state index is 9.92. The Balaban J connectivity index is 2.68. The topological polar surface area (TPSA) is 60.5 Å². The van der Waals surface area contributed by atoms with Crippen LogP contribution < -0.4 is 0 Å². The van der Waals surface area contributed by atoms with Crippen LogP contribution in [0.2, 0.25) is 0 Å². The van der Waals surface area contributed by atoms with E-state index < -0.39 is 0 Å². The molecule has 158 valence electrons. The molecule has 3 heteroatoms. The zero-order valence-corrected chi connectivity index (χ0v) is 20.0. The summed E-state index contributed by atoms with van der Waals surface area (Å²) in [6.45, 7) is 19.5. The Bertz CT molecular complexity index is 1010. The van der Waals surface area contributed by atoms with Crippen molar-refractivity contribution in [1.82, 2.24) is 4.98 Å². The first kappa shape index (κ1) is 23.6. The van der Waals surface area contributed by atoms with Gasteiger partial charge in [-0.05, 0) is 63.5 Å². The molecule has 0 spiro atoms. The van der Waals surface area contributed by atoms with E-state index >= 15 is 0 Å². The molecule has 0 aliphatic carbocycles. The molecule has 0 N–H and O–H groups in total. The van der Waals surface area contributed by atoms with Crippen molar-refractivity contribution in [2.75, 3.05) is 0 Å². The van der Waals surface area contributed by atoms with Gasteiger partial charge in [-0.3, -0.25) is 4.98 Å². The highest BCUT2D eigenvalue weighted by atomic mass is 14.7. The van der Waals surface area contributed by atoms with E-state index in [-0.39, 0.29) is 16.7 Å². The molecule has 0 aliphatic heterocycles. The average Bonchev–Trinajstić information content (AvgIpc) is 2.65. The Morgan fingerprint density at radius 1 is 0.867 bits per heavy atom. The number of hydrogen-bond donors (Lipinski definition) is 0. The third kappa shape index (κ3) is 4.73. The fraction of sp³-hybridized carbons (Fsp3) is 0.519. The van der Waals surface area contributed by atoms with Gasteiger partial charge < -0.3 is 0 Å². The number of pyridine rings is 1. The monoisotopic (exact) mass is 401 g/mol. The summed E-state index contributed by atoms with van der Waals surface area (Å²) in [7, 11) is 0. The fourth-order valence-electron chi connectivity index (χ4n) is 4.53. The van der Waals surface area contributed by atoms with Crippen molar-refractivity contribution < 1.29 is 0 Å². The molecule has 0 fully saturated rings. The molecule has 3 nitrogen and oxygen atoms in total. The Morgan fingerprint density at radius 3 is 1.93 bits per heavy atom. The molecule has 1 aromatic heterocycles. The number of rotatable bonds is 5. The normalized spacial score (nSPS) is 12.2. The smallest absolute Gasteiger partial charge is 0.0996 e. The second kappa shape index (κ2) is 8.61. The maximum absolute atomic E-state index is 9.92. The summed E-state index contributed by atoms with van der Waals surface area (Å²) in [4.78, 5) is 4.62. The minimum atomic E-state index is -0.289. The van der Waals surface area contributed by atoms with Gasteiger partial charge in [0.05, 0.1) is 23.3 Å². The van der Waals surface area contributed by atoms with Crippen molar-refractivity contribution in [1.29, 1.82) is 10.5 Å². The van der Waals surface area contributed by atoms with Crippen molar-refractivity contribution in [2.24, 2.45) is 0 Å². The number of benzene rings is 1. The molecule has 0 bridgehead atoms. The molecule has 0 atom stereocenters. The Labute approximate surface area is 182 Å². The summed E-state index contributed by atoms with van der Waals surface area (Å²) in [5, 5.41) is 19.7. The third-order valence-electron chi connectivity index (χ3n) is 5.69. The van der Waals surface area contributed by atoms with Gasteiger partial charge in [-0.15, -0.1) is 0 Å². The Kier molecular flexibility index (Phi) is 6.78. The van der Waals surface area contributed by atoms with E-state index in [1.807, 2.05) is 12.1 Å². The number of aromatic nitrogens is 1. The number of nitrogens with zero attached hydrogens (tertiary/aromatic N) is 3. The predicted octanol–water partition coefficient (Wildman–Crippen LogP) is 6.89. The van der Waals surface area contributed by atoms with Crippen LogP contribution >= 0.6 is 0 Å². The van der Waals surface area contributed by atoms with Crippen LogP contribution in [0.3, 0.4) is 0 Å². The van der Waals surface area contributed by atoms with Crippen molar-refractivity contribution in [2.45, 2.75) is 91.4 Å².